The predicted molar refractivity (Wildman–Crippen MR) is 115 cm³/mol. The lowest BCUT2D eigenvalue weighted by atomic mass is 10.2. The fourth-order valence-electron chi connectivity index (χ4n) is 2.44. The quantitative estimate of drug-likeness (QED) is 0.578. The van der Waals surface area contributed by atoms with E-state index in [1.54, 1.807) is 39.2 Å². The molecule has 1 atom stereocenters. The first-order chi connectivity index (χ1) is 14.0. The molecule has 0 spiro atoms. The van der Waals surface area contributed by atoms with Crippen LogP contribution in [0.15, 0.2) is 47.4 Å². The van der Waals surface area contributed by atoms with E-state index in [0.717, 1.165) is 5.56 Å². The molecule has 30 heavy (non-hydrogen) atoms. The van der Waals surface area contributed by atoms with Gasteiger partial charge in [0.2, 0.25) is 15.9 Å². The van der Waals surface area contributed by atoms with Gasteiger partial charge in [0.1, 0.15) is 11.8 Å². The zero-order chi connectivity index (χ0) is 22.5. The van der Waals surface area contributed by atoms with Gasteiger partial charge in [0.15, 0.2) is 6.61 Å². The second-order valence-corrected chi connectivity index (χ2v) is 8.57. The maximum absolute atomic E-state index is 12.6. The van der Waals surface area contributed by atoms with Gasteiger partial charge in [-0.25, -0.2) is 13.6 Å². The molecule has 4 N–H and O–H groups in total. The number of hydrogen-bond acceptors (Lipinski definition) is 6. The number of benzene rings is 2. The van der Waals surface area contributed by atoms with Crippen LogP contribution in [0.2, 0.25) is 0 Å². The zero-order valence-corrected chi connectivity index (χ0v) is 18.1. The molecule has 10 heteroatoms. The van der Waals surface area contributed by atoms with Crippen LogP contribution in [0.5, 0.6) is 5.75 Å². The molecule has 0 aliphatic rings. The number of nitrogens with two attached hydrogens (primary N) is 1. The third-order valence-electron chi connectivity index (χ3n) is 4.18. The van der Waals surface area contributed by atoms with Crippen LogP contribution < -0.4 is 20.5 Å². The number of amides is 2. The van der Waals surface area contributed by atoms with E-state index in [-0.39, 0.29) is 17.4 Å². The van der Waals surface area contributed by atoms with E-state index in [2.05, 4.69) is 10.6 Å². The lowest BCUT2D eigenvalue weighted by Gasteiger charge is -2.19. The molecular weight excluding hydrogens is 408 g/mol. The third kappa shape index (κ3) is 6.46. The molecule has 2 amide bonds. The highest BCUT2D eigenvalue weighted by atomic mass is 32.2. The van der Waals surface area contributed by atoms with Crippen molar-refractivity contribution in [2.75, 3.05) is 31.3 Å². The summed E-state index contributed by atoms with van der Waals surface area (Å²) in [5.74, 6) is -0.137. The molecule has 2 aromatic rings. The summed E-state index contributed by atoms with van der Waals surface area (Å²) in [6.07, 6.45) is 0. The third-order valence-corrected chi connectivity index (χ3v) is 5.09. The lowest BCUT2D eigenvalue weighted by Crippen LogP contribution is -2.32. The van der Waals surface area contributed by atoms with Crippen molar-refractivity contribution in [1.29, 1.82) is 0 Å². The maximum Gasteiger partial charge on any atom is 0.259 e. The van der Waals surface area contributed by atoms with E-state index < -0.39 is 22.0 Å². The average molecular weight is 435 g/mol. The molecule has 0 bridgehead atoms. The first-order valence-corrected chi connectivity index (χ1v) is 10.7. The fourth-order valence-corrected chi connectivity index (χ4v) is 3.00. The lowest BCUT2D eigenvalue weighted by molar-refractivity contribution is -0.130. The minimum Gasteiger partial charge on any atom is -0.482 e. The number of nitrogens with one attached hydrogen (secondary N) is 2. The Bertz CT molecular complexity index is 1040. The number of nitrogens with zero attached hydrogens (tertiary/aromatic N) is 1. The monoisotopic (exact) mass is 434 g/mol. The Balaban J connectivity index is 2.11. The molecule has 0 aromatic heterocycles. The Morgan fingerprint density at radius 3 is 2.50 bits per heavy atom. The molecule has 0 fully saturated rings. The van der Waals surface area contributed by atoms with Crippen molar-refractivity contribution in [2.45, 2.75) is 24.8 Å². The van der Waals surface area contributed by atoms with Crippen molar-refractivity contribution < 1.29 is 22.7 Å². The highest BCUT2D eigenvalue weighted by Gasteiger charge is 2.17. The second-order valence-electron chi connectivity index (χ2n) is 7.00. The standard InChI is InChI=1S/C20H26N4O5S/c1-13-8-9-17(18(10-13)29-12-19(25)24(3)4)22-14(2)20(26)23-15-6-5-7-16(11-15)30(21,27)28/h5-11,14,22H,12H2,1-4H3,(H,23,26)(H2,21,27,28). The van der Waals surface area contributed by atoms with Crippen molar-refractivity contribution in [3.63, 3.8) is 0 Å². The Labute approximate surface area is 176 Å². The van der Waals surface area contributed by atoms with E-state index >= 15 is 0 Å². The molecular formula is C20H26N4O5S. The van der Waals surface area contributed by atoms with Crippen molar-refractivity contribution >= 4 is 33.2 Å². The van der Waals surface area contributed by atoms with E-state index in [0.29, 0.717) is 17.1 Å². The van der Waals surface area contributed by atoms with Crippen LogP contribution in [-0.2, 0) is 19.6 Å². The number of carbonyl (C=O) groups is 2. The first kappa shape index (κ1) is 23.2. The summed E-state index contributed by atoms with van der Waals surface area (Å²) in [5.41, 5.74) is 1.79. The molecule has 0 radical (unpaired) electrons. The number of anilines is 2. The first-order valence-electron chi connectivity index (χ1n) is 9.11. The minimum atomic E-state index is -3.87. The van der Waals surface area contributed by atoms with Crippen LogP contribution in [0.1, 0.15) is 12.5 Å². The van der Waals surface area contributed by atoms with Crippen LogP contribution in [0.3, 0.4) is 0 Å². The highest BCUT2D eigenvalue weighted by molar-refractivity contribution is 7.89. The van der Waals surface area contributed by atoms with Crippen LogP contribution in [-0.4, -0.2) is 51.9 Å². The smallest absolute Gasteiger partial charge is 0.259 e. The Kier molecular flexibility index (Phi) is 7.41. The SMILES string of the molecule is Cc1ccc(NC(C)C(=O)Nc2cccc(S(N)(=O)=O)c2)c(OCC(=O)N(C)C)c1. The van der Waals surface area contributed by atoms with Gasteiger partial charge < -0.3 is 20.3 Å². The molecule has 0 aliphatic carbocycles. The van der Waals surface area contributed by atoms with Crippen LogP contribution in [0.4, 0.5) is 11.4 Å². The van der Waals surface area contributed by atoms with E-state index in [4.69, 9.17) is 9.88 Å². The molecule has 1 unspecified atom stereocenters. The number of likely N-dealkylation sites (N-methyl/N-ethyl adjacent to an activating group) is 1. The van der Waals surface area contributed by atoms with Gasteiger partial charge in [-0.3, -0.25) is 9.59 Å². The normalized spacial score (nSPS) is 12.0. The fraction of sp³-hybridized carbons (Fsp3) is 0.300. The summed E-state index contributed by atoms with van der Waals surface area (Å²) < 4.78 is 28.6. The van der Waals surface area contributed by atoms with Crippen molar-refractivity contribution in [2.24, 2.45) is 5.14 Å². The van der Waals surface area contributed by atoms with E-state index in [1.807, 2.05) is 13.0 Å². The average Bonchev–Trinajstić information content (AvgIpc) is 2.67. The Morgan fingerprint density at radius 2 is 1.87 bits per heavy atom. The number of primary sulfonamides is 1. The highest BCUT2D eigenvalue weighted by Crippen LogP contribution is 2.27. The van der Waals surface area contributed by atoms with Crippen LogP contribution in [0, 0.1) is 6.92 Å². The summed E-state index contributed by atoms with van der Waals surface area (Å²) in [5, 5.41) is 10.8. The van der Waals surface area contributed by atoms with Gasteiger partial charge in [0.25, 0.3) is 5.91 Å². The van der Waals surface area contributed by atoms with Gasteiger partial charge in [-0.05, 0) is 49.7 Å². The summed E-state index contributed by atoms with van der Waals surface area (Å²) >= 11 is 0. The maximum atomic E-state index is 12.6. The molecule has 0 heterocycles. The largest absolute Gasteiger partial charge is 0.482 e. The van der Waals surface area contributed by atoms with Crippen molar-refractivity contribution in [1.82, 2.24) is 4.90 Å². The van der Waals surface area contributed by atoms with Gasteiger partial charge in [-0.1, -0.05) is 12.1 Å². The Hall–Kier alpha value is -3.11. The molecule has 162 valence electrons. The number of carbonyl (C=O) groups excluding carboxylic acids is 2. The van der Waals surface area contributed by atoms with Crippen molar-refractivity contribution in [3.8, 4) is 5.75 Å². The number of hydrogen-bond donors (Lipinski definition) is 3. The minimum absolute atomic E-state index is 0.0966. The topological polar surface area (TPSA) is 131 Å². The van der Waals surface area contributed by atoms with E-state index in [1.165, 1.54) is 23.1 Å². The summed E-state index contributed by atoms with van der Waals surface area (Å²) in [4.78, 5) is 25.7. The second kappa shape index (κ2) is 9.59. The molecule has 2 aromatic carbocycles. The van der Waals surface area contributed by atoms with Crippen LogP contribution >= 0.6 is 0 Å². The van der Waals surface area contributed by atoms with Crippen molar-refractivity contribution in [3.05, 3.63) is 48.0 Å². The van der Waals surface area contributed by atoms with Gasteiger partial charge in [-0.2, -0.15) is 0 Å². The summed E-state index contributed by atoms with van der Waals surface area (Å²) in [7, 11) is -0.599. The van der Waals surface area contributed by atoms with Gasteiger partial charge in [-0.15, -0.1) is 0 Å². The molecule has 0 saturated carbocycles. The van der Waals surface area contributed by atoms with Crippen LogP contribution in [0.25, 0.3) is 0 Å². The molecule has 9 nitrogen and oxygen atoms in total. The molecule has 2 rings (SSSR count). The number of ether oxygens (including phenoxy) is 1. The number of sulfonamides is 1. The van der Waals surface area contributed by atoms with Gasteiger partial charge >= 0.3 is 0 Å². The summed E-state index contributed by atoms with van der Waals surface area (Å²) in [6.45, 7) is 3.40. The van der Waals surface area contributed by atoms with Gasteiger partial charge in [0.05, 0.1) is 10.6 Å². The number of rotatable bonds is 8. The number of aryl methyl sites for hydroxylation is 1. The molecule has 0 saturated heterocycles. The summed E-state index contributed by atoms with van der Waals surface area (Å²) in [6, 6.07) is 10.4. The van der Waals surface area contributed by atoms with E-state index in [9.17, 15) is 18.0 Å². The van der Waals surface area contributed by atoms with Gasteiger partial charge in [0, 0.05) is 19.8 Å². The molecule has 0 aliphatic heterocycles. The predicted octanol–water partition coefficient (Wildman–Crippen LogP) is 1.55. The zero-order valence-electron chi connectivity index (χ0n) is 17.3. The Morgan fingerprint density at radius 1 is 1.17 bits per heavy atom.